The quantitative estimate of drug-likeness (QED) is 0.828. The fourth-order valence-corrected chi connectivity index (χ4v) is 1.55. The van der Waals surface area contributed by atoms with E-state index in [9.17, 15) is 14.7 Å². The minimum absolute atomic E-state index is 0.0322. The number of hydrogen-bond acceptors (Lipinski definition) is 5. The molecule has 0 bridgehead atoms. The number of carbonyl (C=O) groups is 2. The average Bonchev–Trinajstić information content (AvgIpc) is 2.37. The predicted octanol–water partition coefficient (Wildman–Crippen LogP) is 1.86. The third kappa shape index (κ3) is 4.98. The van der Waals surface area contributed by atoms with Crippen molar-refractivity contribution < 1.29 is 24.2 Å². The Bertz CT molecular complexity index is 533. The normalized spacial score (nSPS) is 12.4. The number of nitrogens with one attached hydrogen (secondary N) is 1. The lowest BCUT2D eigenvalue weighted by Gasteiger charge is -2.22. The summed E-state index contributed by atoms with van der Waals surface area (Å²) in [5.74, 6) is -0.879. The zero-order chi connectivity index (χ0) is 16.2. The summed E-state index contributed by atoms with van der Waals surface area (Å²) in [5, 5.41) is 12.2. The van der Waals surface area contributed by atoms with Crippen LogP contribution >= 0.6 is 0 Å². The van der Waals surface area contributed by atoms with Crippen LogP contribution in [0, 0.1) is 0 Å². The summed E-state index contributed by atoms with van der Waals surface area (Å²) >= 11 is 0. The van der Waals surface area contributed by atoms with Crippen molar-refractivity contribution in [1.29, 1.82) is 0 Å². The molecule has 1 atom stereocenters. The Morgan fingerprint density at radius 2 is 1.90 bits per heavy atom. The topological polar surface area (TPSA) is 84.9 Å². The Hall–Kier alpha value is -2.24. The van der Waals surface area contributed by atoms with Crippen molar-refractivity contribution in [2.75, 3.05) is 7.11 Å². The van der Waals surface area contributed by atoms with Crippen molar-refractivity contribution in [2.24, 2.45) is 0 Å². The van der Waals surface area contributed by atoms with Gasteiger partial charge in [0.05, 0.1) is 12.7 Å². The SMILES string of the molecule is COc1ccc(O)c(C(=O)N[C@H](C)C(=O)OC(C)(C)C)c1. The van der Waals surface area contributed by atoms with Crippen molar-refractivity contribution in [2.45, 2.75) is 39.3 Å². The molecule has 0 saturated carbocycles. The van der Waals surface area contributed by atoms with Gasteiger partial charge in [-0.05, 0) is 45.9 Å². The third-order valence-electron chi connectivity index (χ3n) is 2.56. The molecule has 0 saturated heterocycles. The van der Waals surface area contributed by atoms with Crippen molar-refractivity contribution in [1.82, 2.24) is 5.32 Å². The molecule has 1 aromatic rings. The highest BCUT2D eigenvalue weighted by Gasteiger charge is 2.24. The van der Waals surface area contributed by atoms with E-state index < -0.39 is 23.5 Å². The highest BCUT2D eigenvalue weighted by atomic mass is 16.6. The fourth-order valence-electron chi connectivity index (χ4n) is 1.55. The van der Waals surface area contributed by atoms with Crippen molar-refractivity contribution in [3.05, 3.63) is 23.8 Å². The molecule has 0 aliphatic rings. The number of esters is 1. The zero-order valence-corrected chi connectivity index (χ0v) is 12.9. The van der Waals surface area contributed by atoms with Crippen molar-refractivity contribution in [3.63, 3.8) is 0 Å². The van der Waals surface area contributed by atoms with Crippen LogP contribution in [0.3, 0.4) is 0 Å². The minimum atomic E-state index is -0.831. The number of aromatic hydroxyl groups is 1. The van der Waals surface area contributed by atoms with Gasteiger partial charge in [-0.2, -0.15) is 0 Å². The van der Waals surface area contributed by atoms with Gasteiger partial charge in [0, 0.05) is 0 Å². The predicted molar refractivity (Wildman–Crippen MR) is 77.4 cm³/mol. The average molecular weight is 295 g/mol. The van der Waals surface area contributed by atoms with Gasteiger partial charge >= 0.3 is 5.97 Å². The van der Waals surface area contributed by atoms with Crippen LogP contribution in [-0.4, -0.2) is 35.7 Å². The van der Waals surface area contributed by atoms with Gasteiger partial charge in [0.25, 0.3) is 5.91 Å². The van der Waals surface area contributed by atoms with Crippen LogP contribution in [0.15, 0.2) is 18.2 Å². The van der Waals surface area contributed by atoms with E-state index in [4.69, 9.17) is 9.47 Å². The second-order valence-electron chi connectivity index (χ2n) is 5.61. The lowest BCUT2D eigenvalue weighted by atomic mass is 10.1. The van der Waals surface area contributed by atoms with Crippen LogP contribution < -0.4 is 10.1 Å². The van der Waals surface area contributed by atoms with Gasteiger partial charge in [-0.15, -0.1) is 0 Å². The largest absolute Gasteiger partial charge is 0.507 e. The molecular weight excluding hydrogens is 274 g/mol. The molecule has 0 unspecified atom stereocenters. The van der Waals surface area contributed by atoms with E-state index in [0.717, 1.165) is 0 Å². The monoisotopic (exact) mass is 295 g/mol. The van der Waals surface area contributed by atoms with E-state index in [1.807, 2.05) is 0 Å². The number of ether oxygens (including phenoxy) is 2. The van der Waals surface area contributed by atoms with Gasteiger partial charge in [-0.3, -0.25) is 4.79 Å². The number of amides is 1. The molecule has 0 spiro atoms. The molecule has 6 heteroatoms. The molecule has 21 heavy (non-hydrogen) atoms. The molecule has 1 aromatic carbocycles. The number of rotatable bonds is 4. The van der Waals surface area contributed by atoms with E-state index >= 15 is 0 Å². The first-order valence-electron chi connectivity index (χ1n) is 6.55. The Morgan fingerprint density at radius 1 is 1.29 bits per heavy atom. The Morgan fingerprint density at radius 3 is 2.43 bits per heavy atom. The molecule has 1 rings (SSSR count). The molecular formula is C15H21NO5. The maximum Gasteiger partial charge on any atom is 0.328 e. The standard InChI is InChI=1S/C15H21NO5/c1-9(14(19)21-15(2,3)4)16-13(18)11-8-10(20-5)6-7-12(11)17/h6-9,17H,1-5H3,(H,16,18)/t9-/m1/s1. The number of hydrogen-bond donors (Lipinski definition) is 2. The summed E-state index contributed by atoms with van der Waals surface area (Å²) in [4.78, 5) is 23.9. The van der Waals surface area contributed by atoms with Gasteiger partial charge in [0.15, 0.2) is 0 Å². The van der Waals surface area contributed by atoms with Crippen molar-refractivity contribution >= 4 is 11.9 Å². The summed E-state index contributed by atoms with van der Waals surface area (Å²) in [7, 11) is 1.46. The Kier molecular flexibility index (Phi) is 5.18. The smallest absolute Gasteiger partial charge is 0.328 e. The second kappa shape index (κ2) is 6.47. The lowest BCUT2D eigenvalue weighted by molar-refractivity contribution is -0.156. The van der Waals surface area contributed by atoms with Crippen LogP contribution in [0.1, 0.15) is 38.1 Å². The van der Waals surface area contributed by atoms with E-state index in [-0.39, 0.29) is 11.3 Å². The summed E-state index contributed by atoms with van der Waals surface area (Å²) in [5.41, 5.74) is -0.599. The molecule has 0 aromatic heterocycles. The maximum absolute atomic E-state index is 12.1. The van der Waals surface area contributed by atoms with Crippen LogP contribution in [0.25, 0.3) is 0 Å². The first kappa shape index (κ1) is 16.8. The number of phenolic OH excluding ortho intramolecular Hbond substituents is 1. The van der Waals surface area contributed by atoms with Gasteiger partial charge in [-0.25, -0.2) is 4.79 Å². The van der Waals surface area contributed by atoms with Crippen molar-refractivity contribution in [3.8, 4) is 11.5 Å². The number of methoxy groups -OCH3 is 1. The van der Waals surface area contributed by atoms with E-state index in [0.29, 0.717) is 5.75 Å². The van der Waals surface area contributed by atoms with E-state index in [2.05, 4.69) is 5.32 Å². The molecule has 0 aliphatic carbocycles. The molecule has 0 heterocycles. The van der Waals surface area contributed by atoms with Gasteiger partial charge in [-0.1, -0.05) is 0 Å². The number of phenols is 1. The Balaban J connectivity index is 2.79. The molecule has 0 fully saturated rings. The summed E-state index contributed by atoms with van der Waals surface area (Å²) in [6, 6.07) is 3.45. The van der Waals surface area contributed by atoms with E-state index in [1.54, 1.807) is 20.8 Å². The van der Waals surface area contributed by atoms with Crippen LogP contribution in [0.5, 0.6) is 11.5 Å². The highest BCUT2D eigenvalue weighted by molar-refractivity contribution is 5.99. The molecule has 2 N–H and O–H groups in total. The lowest BCUT2D eigenvalue weighted by Crippen LogP contribution is -2.42. The van der Waals surface area contributed by atoms with Crippen LogP contribution in [-0.2, 0) is 9.53 Å². The zero-order valence-electron chi connectivity index (χ0n) is 12.9. The van der Waals surface area contributed by atoms with Gasteiger partial charge < -0.3 is 19.9 Å². The highest BCUT2D eigenvalue weighted by Crippen LogP contribution is 2.22. The van der Waals surface area contributed by atoms with E-state index in [1.165, 1.54) is 32.2 Å². The summed E-state index contributed by atoms with van der Waals surface area (Å²) in [6.45, 7) is 6.75. The Labute approximate surface area is 124 Å². The van der Waals surface area contributed by atoms with Gasteiger partial charge in [0.2, 0.25) is 0 Å². The maximum atomic E-state index is 12.1. The van der Waals surface area contributed by atoms with Crippen LogP contribution in [0.4, 0.5) is 0 Å². The molecule has 1 amide bonds. The summed E-state index contributed by atoms with van der Waals surface area (Å²) in [6.07, 6.45) is 0. The molecule has 0 radical (unpaired) electrons. The molecule has 6 nitrogen and oxygen atoms in total. The molecule has 116 valence electrons. The van der Waals surface area contributed by atoms with Crippen LogP contribution in [0.2, 0.25) is 0 Å². The first-order chi connectivity index (χ1) is 9.64. The molecule has 0 aliphatic heterocycles. The first-order valence-corrected chi connectivity index (χ1v) is 6.55. The number of benzene rings is 1. The second-order valence-corrected chi connectivity index (χ2v) is 5.61. The minimum Gasteiger partial charge on any atom is -0.507 e. The van der Waals surface area contributed by atoms with Gasteiger partial charge in [0.1, 0.15) is 23.1 Å². The third-order valence-corrected chi connectivity index (χ3v) is 2.56. The number of carbonyl (C=O) groups excluding carboxylic acids is 2. The fraction of sp³-hybridized carbons (Fsp3) is 0.467. The summed E-state index contributed by atoms with van der Waals surface area (Å²) < 4.78 is 10.2.